The van der Waals surface area contributed by atoms with E-state index in [4.69, 9.17) is 21.4 Å². The third-order valence-corrected chi connectivity index (χ3v) is 11.1. The molecule has 1 aromatic carbocycles. The van der Waals surface area contributed by atoms with Crippen molar-refractivity contribution in [1.29, 1.82) is 0 Å². The summed E-state index contributed by atoms with van der Waals surface area (Å²) < 4.78 is 7.48. The summed E-state index contributed by atoms with van der Waals surface area (Å²) in [5.41, 5.74) is 9.92. The number of likely N-dealkylation sites (tertiary alicyclic amines) is 2. The van der Waals surface area contributed by atoms with Crippen LogP contribution in [0.2, 0.25) is 5.02 Å². The first-order valence-electron chi connectivity index (χ1n) is 16.5. The largest absolute Gasteiger partial charge is 0.466 e. The Morgan fingerprint density at radius 1 is 1.07 bits per heavy atom. The highest BCUT2D eigenvalue weighted by Gasteiger charge is 2.34. The number of ether oxygens (including phenoxy) is 1. The minimum absolute atomic E-state index is 0.145. The fourth-order valence-electron chi connectivity index (χ4n) is 6.97. The Bertz CT molecular complexity index is 1580. The van der Waals surface area contributed by atoms with Crippen molar-refractivity contribution in [3.05, 3.63) is 97.1 Å². The van der Waals surface area contributed by atoms with Gasteiger partial charge in [0.1, 0.15) is 0 Å². The quantitative estimate of drug-likeness (QED) is 0.178. The van der Waals surface area contributed by atoms with Crippen LogP contribution in [0.1, 0.15) is 81.8 Å². The average molecular weight is 661 g/mol. The molecule has 2 aliphatic heterocycles. The third-order valence-electron chi connectivity index (χ3n) is 9.50. The second kappa shape index (κ2) is 14.9. The highest BCUT2D eigenvalue weighted by atomic mass is 35.5. The molecule has 6 nitrogen and oxygen atoms in total. The second-order valence-corrected chi connectivity index (χ2v) is 14.7. The maximum absolute atomic E-state index is 12.8. The number of fused-ring (bicyclic) bond motifs is 1. The third kappa shape index (κ3) is 7.65. The number of hydrogen-bond donors (Lipinski definition) is 0. The predicted molar refractivity (Wildman–Crippen MR) is 194 cm³/mol. The Morgan fingerprint density at radius 2 is 1.74 bits per heavy atom. The molecule has 8 heteroatoms. The number of aromatic nitrogens is 2. The molecule has 0 N–H and O–H groups in total. The molecule has 2 fully saturated rings. The van der Waals surface area contributed by atoms with Crippen molar-refractivity contribution in [2.24, 2.45) is 7.05 Å². The minimum Gasteiger partial charge on any atom is -0.466 e. The van der Waals surface area contributed by atoms with E-state index in [9.17, 15) is 4.79 Å². The van der Waals surface area contributed by atoms with Crippen molar-refractivity contribution in [3.63, 3.8) is 0 Å². The van der Waals surface area contributed by atoms with Gasteiger partial charge in [-0.3, -0.25) is 14.4 Å². The number of thioether (sulfide) groups is 1. The number of carbonyl (C=O) groups excluding carboxylic acids is 1. The van der Waals surface area contributed by atoms with E-state index in [0.29, 0.717) is 23.6 Å². The summed E-state index contributed by atoms with van der Waals surface area (Å²) in [5, 5.41) is 5.77. The van der Waals surface area contributed by atoms with Gasteiger partial charge in [-0.2, -0.15) is 5.10 Å². The lowest BCUT2D eigenvalue weighted by Crippen LogP contribution is -2.59. The summed E-state index contributed by atoms with van der Waals surface area (Å²) in [6.07, 6.45) is 6.68. The van der Waals surface area contributed by atoms with Crippen molar-refractivity contribution in [1.82, 2.24) is 19.6 Å². The van der Waals surface area contributed by atoms with Gasteiger partial charge in [0.05, 0.1) is 18.7 Å². The van der Waals surface area contributed by atoms with Crippen LogP contribution in [0.15, 0.2) is 69.5 Å². The monoisotopic (exact) mass is 660 g/mol. The van der Waals surface area contributed by atoms with Gasteiger partial charge in [0.15, 0.2) is 0 Å². The maximum Gasteiger partial charge on any atom is 0.310 e. The Balaban J connectivity index is 1.44. The van der Waals surface area contributed by atoms with E-state index in [-0.39, 0.29) is 12.4 Å². The molecular formula is C38H49ClN4O2S. The Hall–Kier alpha value is -2.84. The zero-order chi connectivity index (χ0) is 33.1. The van der Waals surface area contributed by atoms with E-state index in [1.165, 1.54) is 35.6 Å². The number of nitrogens with zero attached hydrogens (tertiary/aromatic N) is 4. The summed E-state index contributed by atoms with van der Waals surface area (Å²) in [5.74, 6) is 0.218. The van der Waals surface area contributed by atoms with Crippen LogP contribution in [0.3, 0.4) is 0 Å². The van der Waals surface area contributed by atoms with Crippen LogP contribution < -0.4 is 0 Å². The molecule has 0 unspecified atom stereocenters. The zero-order valence-corrected chi connectivity index (χ0v) is 30.0. The van der Waals surface area contributed by atoms with Gasteiger partial charge in [0.25, 0.3) is 0 Å². The van der Waals surface area contributed by atoms with Crippen LogP contribution in [-0.4, -0.2) is 71.4 Å². The number of allylic oxidation sites excluding steroid dienone is 4. The van der Waals surface area contributed by atoms with Gasteiger partial charge in [0, 0.05) is 58.2 Å². The lowest BCUT2D eigenvalue weighted by molar-refractivity contribution is -0.142. The number of piperidine rings is 1. The number of halogens is 1. The molecule has 1 aromatic heterocycles. The zero-order valence-electron chi connectivity index (χ0n) is 28.4. The topological polar surface area (TPSA) is 50.6 Å². The van der Waals surface area contributed by atoms with Gasteiger partial charge >= 0.3 is 5.97 Å². The first-order valence-corrected chi connectivity index (χ1v) is 17.7. The fraction of sp³-hybridized carbons (Fsp3) is 0.474. The van der Waals surface area contributed by atoms with Crippen LogP contribution in [-0.2, 0) is 23.0 Å². The first kappa shape index (κ1) is 34.5. The summed E-state index contributed by atoms with van der Waals surface area (Å²) in [4.78, 5) is 20.0. The lowest BCUT2D eigenvalue weighted by atomic mass is 9.86. The van der Waals surface area contributed by atoms with Crippen LogP contribution in [0, 0.1) is 0 Å². The molecule has 0 atom stereocenters. The van der Waals surface area contributed by atoms with E-state index in [0.717, 1.165) is 76.4 Å². The van der Waals surface area contributed by atoms with Crippen molar-refractivity contribution in [2.75, 3.05) is 39.8 Å². The standard InChI is InChI=1S/C38H49ClN4O2S/c1-9-45-35(44)21-32(24(2)3)36(27-10-13-30(39)14-11-27)38(25(4)5)46-26(6)29-12-15-34-33(20-29)37(40-42(34)8)28-16-18-43(19-17-28)31-22-41(7)23-31/h10-11,13-14,20,28,31H,2,6,9,12,15-19,21-23H2,1,3-5,7-8H3/b36-32-. The SMILES string of the molecule is C=C(SC(=C(C)C)/C(=C(/CC(=O)OCC)C(=C)C)c1ccc(Cl)cc1)C1=Cc2c(C3CCN(C4CN(C)C4)CC3)nn(C)c2CC1. The molecule has 0 spiro atoms. The molecule has 0 amide bonds. The predicted octanol–water partition coefficient (Wildman–Crippen LogP) is 8.42. The molecule has 2 aromatic rings. The van der Waals surface area contributed by atoms with Gasteiger partial charge < -0.3 is 9.64 Å². The van der Waals surface area contributed by atoms with Gasteiger partial charge in [-0.25, -0.2) is 0 Å². The molecule has 1 aliphatic carbocycles. The molecule has 246 valence electrons. The molecule has 3 heterocycles. The maximum atomic E-state index is 12.8. The number of benzene rings is 1. The second-order valence-electron chi connectivity index (χ2n) is 13.2. The molecule has 0 saturated carbocycles. The molecule has 2 saturated heterocycles. The molecule has 0 radical (unpaired) electrons. The summed E-state index contributed by atoms with van der Waals surface area (Å²) in [6.45, 7) is 21.9. The highest BCUT2D eigenvalue weighted by molar-refractivity contribution is 8.07. The number of rotatable bonds is 11. The fourth-order valence-corrected chi connectivity index (χ4v) is 8.18. The number of likely N-dealkylation sites (N-methyl/N-ethyl adjacent to an activating group) is 1. The smallest absolute Gasteiger partial charge is 0.310 e. The number of hydrogen-bond acceptors (Lipinski definition) is 6. The number of aryl methyl sites for hydroxylation is 1. The van der Waals surface area contributed by atoms with Gasteiger partial charge in [-0.15, -0.1) is 0 Å². The van der Waals surface area contributed by atoms with Gasteiger partial charge in [-0.1, -0.05) is 59.8 Å². The van der Waals surface area contributed by atoms with E-state index >= 15 is 0 Å². The Morgan fingerprint density at radius 3 is 2.33 bits per heavy atom. The van der Waals surface area contributed by atoms with E-state index in [2.05, 4.69) is 61.7 Å². The van der Waals surface area contributed by atoms with Crippen LogP contribution in [0.5, 0.6) is 0 Å². The summed E-state index contributed by atoms with van der Waals surface area (Å²) in [6, 6.07) is 8.53. The minimum atomic E-state index is -0.263. The normalized spacial score (nSPS) is 18.3. The Kier molecular flexibility index (Phi) is 11.2. The van der Waals surface area contributed by atoms with Crippen LogP contribution in [0.25, 0.3) is 11.6 Å². The van der Waals surface area contributed by atoms with Crippen LogP contribution >= 0.6 is 23.4 Å². The Labute approximate surface area is 284 Å². The first-order chi connectivity index (χ1) is 22.0. The number of esters is 1. The van der Waals surface area contributed by atoms with Crippen molar-refractivity contribution < 1.29 is 9.53 Å². The van der Waals surface area contributed by atoms with Gasteiger partial charge in [0.2, 0.25) is 0 Å². The molecule has 0 bridgehead atoms. The molecule has 3 aliphatic rings. The van der Waals surface area contributed by atoms with E-state index < -0.39 is 0 Å². The van der Waals surface area contributed by atoms with Crippen molar-refractivity contribution >= 4 is 41.0 Å². The molecular weight excluding hydrogens is 612 g/mol. The van der Waals surface area contributed by atoms with Crippen molar-refractivity contribution in [2.45, 2.75) is 71.8 Å². The van der Waals surface area contributed by atoms with E-state index in [1.54, 1.807) is 11.8 Å². The van der Waals surface area contributed by atoms with Crippen molar-refractivity contribution in [3.8, 4) is 0 Å². The lowest BCUT2D eigenvalue weighted by Gasteiger charge is -2.46. The summed E-state index contributed by atoms with van der Waals surface area (Å²) in [7, 11) is 4.30. The van der Waals surface area contributed by atoms with E-state index in [1.807, 2.05) is 38.1 Å². The molecule has 46 heavy (non-hydrogen) atoms. The van der Waals surface area contributed by atoms with Crippen LogP contribution in [0.4, 0.5) is 0 Å². The summed E-state index contributed by atoms with van der Waals surface area (Å²) >= 11 is 7.98. The van der Waals surface area contributed by atoms with Gasteiger partial charge in [-0.05, 0) is 114 Å². The number of carbonyl (C=O) groups is 1. The average Bonchev–Trinajstić information content (AvgIpc) is 3.34. The highest BCUT2D eigenvalue weighted by Crippen LogP contribution is 2.46. The molecule has 5 rings (SSSR count).